The molecule has 0 aliphatic rings. The molecule has 222 valence electrons. The normalized spacial score (nSPS) is 12.2. The molecule has 11 rings (SSSR count). The van der Waals surface area contributed by atoms with Crippen molar-refractivity contribution in [3.8, 4) is 28.7 Å². The van der Waals surface area contributed by atoms with Crippen LogP contribution in [0.2, 0.25) is 0 Å². The first-order valence-electron chi connectivity index (χ1n) is 16.2. The Hall–Kier alpha value is -6.59. The molecule has 4 heterocycles. The van der Waals surface area contributed by atoms with Gasteiger partial charge in [-0.05, 0) is 35.0 Å². The van der Waals surface area contributed by atoms with Crippen molar-refractivity contribution in [3.05, 3.63) is 152 Å². The first kappa shape index (κ1) is 25.6. The summed E-state index contributed by atoms with van der Waals surface area (Å²) in [7, 11) is 0. The first-order chi connectivity index (χ1) is 23.8. The van der Waals surface area contributed by atoms with E-state index in [2.05, 4.69) is 124 Å². The minimum Gasteiger partial charge on any atom is -0.308 e. The molecular weight excluding hydrogens is 587 g/mol. The highest BCUT2D eigenvalue weighted by Gasteiger charge is 2.25. The molecule has 11 aromatic rings. The average Bonchev–Trinajstić information content (AvgIpc) is 3.62. The van der Waals surface area contributed by atoms with Crippen molar-refractivity contribution in [2.45, 2.75) is 0 Å². The molecule has 0 radical (unpaired) electrons. The third-order valence-electron chi connectivity index (χ3n) is 9.88. The van der Waals surface area contributed by atoms with Crippen LogP contribution in [-0.4, -0.2) is 23.9 Å². The minimum absolute atomic E-state index is 0.597. The molecule has 0 saturated heterocycles. The Balaban J connectivity index is 1.41. The number of para-hydroxylation sites is 2. The lowest BCUT2D eigenvalue weighted by molar-refractivity contribution is 0.954. The number of fused-ring (bicyclic) bond motifs is 8. The zero-order valence-electron chi connectivity index (χ0n) is 25.7. The van der Waals surface area contributed by atoms with Crippen molar-refractivity contribution in [2.24, 2.45) is 0 Å². The van der Waals surface area contributed by atoms with Gasteiger partial charge >= 0.3 is 0 Å². The quantitative estimate of drug-likeness (QED) is 0.200. The van der Waals surface area contributed by atoms with Gasteiger partial charge in [-0.1, -0.05) is 127 Å². The maximum atomic E-state index is 5.22. The van der Waals surface area contributed by atoms with E-state index in [0.717, 1.165) is 22.2 Å². The summed E-state index contributed by atoms with van der Waals surface area (Å²) in [6.45, 7) is 0. The van der Waals surface area contributed by atoms with Gasteiger partial charge in [0.05, 0.1) is 27.6 Å². The van der Waals surface area contributed by atoms with Crippen molar-refractivity contribution >= 4 is 70.7 Å². The summed E-state index contributed by atoms with van der Waals surface area (Å²) in [6, 6.07) is 53.6. The van der Waals surface area contributed by atoms with Crippen LogP contribution in [0.25, 0.3) is 99.4 Å². The van der Waals surface area contributed by atoms with Crippen LogP contribution in [0, 0.1) is 0 Å². The van der Waals surface area contributed by atoms with Gasteiger partial charge in [0.25, 0.3) is 0 Å². The van der Waals surface area contributed by atoms with Crippen molar-refractivity contribution in [2.75, 3.05) is 0 Å². The maximum Gasteiger partial charge on any atom is 0.238 e. The molecule has 0 N–H and O–H groups in total. The highest BCUT2D eigenvalue weighted by molar-refractivity contribution is 6.37. The van der Waals surface area contributed by atoms with Gasteiger partial charge in [0.1, 0.15) is 0 Å². The molecule has 0 bridgehead atoms. The van der Waals surface area contributed by atoms with Gasteiger partial charge in [0, 0.05) is 43.4 Å². The van der Waals surface area contributed by atoms with Crippen molar-refractivity contribution in [1.82, 2.24) is 23.9 Å². The number of hydrogen-bond acceptors (Lipinski definition) is 3. The summed E-state index contributed by atoms with van der Waals surface area (Å²) in [5.74, 6) is 1.88. The summed E-state index contributed by atoms with van der Waals surface area (Å²) in [5.41, 5.74) is 7.63. The molecule has 0 saturated carbocycles. The molecule has 0 atom stereocenters. The Labute approximate surface area is 274 Å². The standard InChI is InChI=1S/C43H25N5/c1-3-13-26(14-4-1)41-44-42(27-15-5-2-6-16-27)46-43(45-41)48-35-24-23-31-30-19-9-11-21-33(30)47-34-22-12-10-20-32(34)37-29-18-8-7-17-28(29)25-36(48)38(37)39(35)40(31)47/h1-25H. The van der Waals surface area contributed by atoms with Crippen LogP contribution in [0.3, 0.4) is 0 Å². The predicted molar refractivity (Wildman–Crippen MR) is 197 cm³/mol. The van der Waals surface area contributed by atoms with Gasteiger partial charge in [-0.15, -0.1) is 0 Å². The highest BCUT2D eigenvalue weighted by atomic mass is 15.2. The Morgan fingerprint density at radius 3 is 1.67 bits per heavy atom. The fourth-order valence-corrected chi connectivity index (χ4v) is 7.89. The zero-order chi connectivity index (χ0) is 31.3. The second-order valence-electron chi connectivity index (χ2n) is 12.4. The molecule has 48 heavy (non-hydrogen) atoms. The van der Waals surface area contributed by atoms with Crippen molar-refractivity contribution < 1.29 is 0 Å². The highest BCUT2D eigenvalue weighted by Crippen LogP contribution is 2.47. The van der Waals surface area contributed by atoms with Crippen molar-refractivity contribution in [3.63, 3.8) is 0 Å². The molecule has 4 aromatic heterocycles. The lowest BCUT2D eigenvalue weighted by atomic mass is 9.98. The lowest BCUT2D eigenvalue weighted by Gasteiger charge is -2.12. The Morgan fingerprint density at radius 1 is 0.375 bits per heavy atom. The SMILES string of the molecule is c1ccc(-c2nc(-c3ccccc3)nc(-n3c4cc5ccccc5c5c6ccccc6n6c7ccccc7c7ccc3c(c54)c76)n2)cc1. The molecule has 0 fully saturated rings. The van der Waals surface area contributed by atoms with E-state index in [1.54, 1.807) is 0 Å². The van der Waals surface area contributed by atoms with E-state index in [1.165, 1.54) is 59.6 Å². The van der Waals surface area contributed by atoms with E-state index in [4.69, 9.17) is 15.0 Å². The fourth-order valence-electron chi connectivity index (χ4n) is 7.89. The molecule has 0 aliphatic heterocycles. The van der Waals surface area contributed by atoms with Gasteiger partial charge in [0.15, 0.2) is 11.6 Å². The second kappa shape index (κ2) is 9.47. The molecule has 5 nitrogen and oxygen atoms in total. The molecule has 5 heteroatoms. The summed E-state index contributed by atoms with van der Waals surface area (Å²) in [5, 5.41) is 9.75. The minimum atomic E-state index is 0.597. The third kappa shape index (κ3) is 3.37. The Kier molecular flexibility index (Phi) is 5.05. The monoisotopic (exact) mass is 611 g/mol. The Morgan fingerprint density at radius 2 is 0.958 bits per heavy atom. The topological polar surface area (TPSA) is 48.0 Å². The average molecular weight is 612 g/mol. The lowest BCUT2D eigenvalue weighted by Crippen LogP contribution is -2.06. The fraction of sp³-hybridized carbons (Fsp3) is 0. The summed E-state index contributed by atoms with van der Waals surface area (Å²) < 4.78 is 4.73. The largest absolute Gasteiger partial charge is 0.308 e. The van der Waals surface area contributed by atoms with Crippen LogP contribution in [0.5, 0.6) is 0 Å². The molecule has 0 unspecified atom stereocenters. The number of aromatic nitrogens is 5. The van der Waals surface area contributed by atoms with Gasteiger partial charge < -0.3 is 4.40 Å². The van der Waals surface area contributed by atoms with Crippen LogP contribution in [0.15, 0.2) is 152 Å². The van der Waals surface area contributed by atoms with Crippen LogP contribution < -0.4 is 0 Å². The van der Waals surface area contributed by atoms with E-state index in [1.807, 2.05) is 36.4 Å². The molecular formula is C43H25N5. The van der Waals surface area contributed by atoms with E-state index in [0.29, 0.717) is 17.6 Å². The van der Waals surface area contributed by atoms with E-state index < -0.39 is 0 Å². The second-order valence-corrected chi connectivity index (χ2v) is 12.4. The zero-order valence-corrected chi connectivity index (χ0v) is 25.7. The predicted octanol–water partition coefficient (Wildman–Crippen LogP) is 10.6. The summed E-state index contributed by atoms with van der Waals surface area (Å²) in [4.78, 5) is 15.5. The van der Waals surface area contributed by atoms with Crippen LogP contribution in [-0.2, 0) is 0 Å². The maximum absolute atomic E-state index is 5.22. The smallest absolute Gasteiger partial charge is 0.238 e. The van der Waals surface area contributed by atoms with Gasteiger partial charge in [0.2, 0.25) is 5.95 Å². The molecule has 0 amide bonds. The Bertz CT molecular complexity index is 2990. The van der Waals surface area contributed by atoms with E-state index >= 15 is 0 Å². The molecule has 7 aromatic carbocycles. The summed E-state index contributed by atoms with van der Waals surface area (Å²) >= 11 is 0. The molecule has 0 spiro atoms. The van der Waals surface area contributed by atoms with E-state index in [-0.39, 0.29) is 0 Å². The van der Waals surface area contributed by atoms with Crippen molar-refractivity contribution in [1.29, 1.82) is 0 Å². The van der Waals surface area contributed by atoms with Gasteiger partial charge in [-0.25, -0.2) is 4.98 Å². The number of rotatable bonds is 3. The number of benzene rings is 7. The van der Waals surface area contributed by atoms with Gasteiger partial charge in [-0.2, -0.15) is 9.97 Å². The van der Waals surface area contributed by atoms with E-state index in [9.17, 15) is 0 Å². The third-order valence-corrected chi connectivity index (χ3v) is 9.88. The molecule has 0 aliphatic carbocycles. The van der Waals surface area contributed by atoms with Crippen LogP contribution in [0.1, 0.15) is 0 Å². The summed E-state index contributed by atoms with van der Waals surface area (Å²) in [6.07, 6.45) is 0. The first-order valence-corrected chi connectivity index (χ1v) is 16.2. The van der Waals surface area contributed by atoms with Crippen LogP contribution in [0.4, 0.5) is 0 Å². The van der Waals surface area contributed by atoms with Crippen LogP contribution >= 0.6 is 0 Å². The van der Waals surface area contributed by atoms with Gasteiger partial charge in [-0.3, -0.25) is 4.57 Å². The number of nitrogens with zero attached hydrogens (tertiary/aromatic N) is 5. The number of hydrogen-bond donors (Lipinski definition) is 0.